The second kappa shape index (κ2) is 6.29. The topological polar surface area (TPSA) is 74.7 Å². The van der Waals surface area contributed by atoms with Gasteiger partial charge in [-0.05, 0) is 30.3 Å². The van der Waals surface area contributed by atoms with Crippen LogP contribution in [0.1, 0.15) is 10.4 Å². The van der Waals surface area contributed by atoms with Gasteiger partial charge in [-0.1, -0.05) is 17.7 Å². The van der Waals surface area contributed by atoms with Crippen LogP contribution in [0, 0.1) is 11.6 Å². The summed E-state index contributed by atoms with van der Waals surface area (Å²) in [5, 5.41) is 9.03. The number of rotatable bonds is 4. The molecule has 1 N–H and O–H groups in total. The molecule has 0 spiro atoms. The fraction of sp³-hybridized carbons (Fsp3) is 0. The zero-order chi connectivity index (χ0) is 16.4. The monoisotopic (exact) mass is 347 g/mol. The van der Waals surface area contributed by atoms with Crippen molar-refractivity contribution < 1.29 is 27.1 Å². The van der Waals surface area contributed by atoms with Crippen LogP contribution in [-0.2, 0) is 10.9 Å². The zero-order valence-corrected chi connectivity index (χ0v) is 12.3. The minimum atomic E-state index is -3.37. The highest BCUT2D eigenvalue weighted by molar-refractivity contribution is 7.74. The Balaban J connectivity index is 2.70. The van der Waals surface area contributed by atoms with Crippen LogP contribution in [0.25, 0.3) is 0 Å². The summed E-state index contributed by atoms with van der Waals surface area (Å²) in [5.41, 5.74) is -1.86. The highest BCUT2D eigenvalue weighted by Gasteiger charge is 2.24. The first-order valence-electron chi connectivity index (χ1n) is 5.74. The van der Waals surface area contributed by atoms with Crippen molar-refractivity contribution in [2.45, 2.75) is 0 Å². The standard InChI is InChI=1S/C13H8ClF2NO4S/c14-7-2-1-3-8(6-7)17(22(20)21)10-5-4-9(15)11(12(10)16)13(18)19/h1-6,22H,(H,18,19). The van der Waals surface area contributed by atoms with Gasteiger partial charge in [0.25, 0.3) is 0 Å². The summed E-state index contributed by atoms with van der Waals surface area (Å²) in [7, 11) is -3.37. The summed E-state index contributed by atoms with van der Waals surface area (Å²) in [5.74, 6) is -4.64. The van der Waals surface area contributed by atoms with Crippen LogP contribution in [0.2, 0.25) is 5.02 Å². The molecule has 0 aliphatic carbocycles. The third-order valence-corrected chi connectivity index (χ3v) is 3.74. The first-order chi connectivity index (χ1) is 10.3. The molecule has 2 aromatic carbocycles. The Morgan fingerprint density at radius 3 is 2.41 bits per heavy atom. The lowest BCUT2D eigenvalue weighted by molar-refractivity contribution is 0.0686. The molecule has 0 fully saturated rings. The third-order valence-electron chi connectivity index (χ3n) is 2.73. The summed E-state index contributed by atoms with van der Waals surface area (Å²) >= 11 is 5.76. The van der Waals surface area contributed by atoms with Crippen molar-refractivity contribution in [1.29, 1.82) is 0 Å². The van der Waals surface area contributed by atoms with E-state index in [2.05, 4.69) is 0 Å². The Kier molecular flexibility index (Phi) is 4.62. The van der Waals surface area contributed by atoms with Gasteiger partial charge < -0.3 is 5.11 Å². The van der Waals surface area contributed by atoms with Gasteiger partial charge in [0.2, 0.25) is 10.9 Å². The van der Waals surface area contributed by atoms with E-state index >= 15 is 0 Å². The first kappa shape index (κ1) is 16.2. The summed E-state index contributed by atoms with van der Waals surface area (Å²) < 4.78 is 51.0. The second-order valence-corrected chi connectivity index (χ2v) is 5.40. The number of carboxylic acid groups (broad SMARTS) is 1. The van der Waals surface area contributed by atoms with Crippen molar-refractivity contribution in [3.63, 3.8) is 0 Å². The number of carboxylic acids is 1. The molecule has 0 bridgehead atoms. The predicted molar refractivity (Wildman–Crippen MR) is 77.2 cm³/mol. The van der Waals surface area contributed by atoms with Crippen LogP contribution in [-0.4, -0.2) is 19.5 Å². The third kappa shape index (κ3) is 3.02. The fourth-order valence-corrected chi connectivity index (χ4v) is 2.66. The van der Waals surface area contributed by atoms with Crippen molar-refractivity contribution in [2.75, 3.05) is 4.31 Å². The summed E-state index contributed by atoms with van der Waals surface area (Å²) in [6.45, 7) is 0. The Morgan fingerprint density at radius 1 is 1.18 bits per heavy atom. The van der Waals surface area contributed by atoms with Crippen molar-refractivity contribution in [2.24, 2.45) is 0 Å². The van der Waals surface area contributed by atoms with Crippen LogP contribution in [0.15, 0.2) is 36.4 Å². The van der Waals surface area contributed by atoms with E-state index in [1.165, 1.54) is 24.3 Å². The predicted octanol–water partition coefficient (Wildman–Crippen LogP) is 2.98. The molecule has 5 nitrogen and oxygen atoms in total. The van der Waals surface area contributed by atoms with Crippen LogP contribution in [0.3, 0.4) is 0 Å². The molecule has 9 heteroatoms. The molecule has 0 heterocycles. The lowest BCUT2D eigenvalue weighted by atomic mass is 10.1. The number of anilines is 2. The van der Waals surface area contributed by atoms with Crippen LogP contribution < -0.4 is 4.31 Å². The Labute approximate surface area is 130 Å². The average molecular weight is 348 g/mol. The van der Waals surface area contributed by atoms with E-state index in [0.29, 0.717) is 10.4 Å². The van der Waals surface area contributed by atoms with Crippen molar-refractivity contribution in [3.8, 4) is 0 Å². The Morgan fingerprint density at radius 2 is 1.86 bits per heavy atom. The number of carbonyl (C=O) groups is 1. The lowest BCUT2D eigenvalue weighted by Gasteiger charge is -2.19. The molecule has 0 aliphatic rings. The molecule has 0 saturated heterocycles. The molecule has 2 aromatic rings. The molecule has 0 amide bonds. The maximum atomic E-state index is 14.2. The summed E-state index contributed by atoms with van der Waals surface area (Å²) in [6.07, 6.45) is 0. The quantitative estimate of drug-likeness (QED) is 0.834. The number of hydrogen-bond donors (Lipinski definition) is 2. The summed E-state index contributed by atoms with van der Waals surface area (Å²) in [4.78, 5) is 10.9. The van der Waals surface area contributed by atoms with Gasteiger partial charge in [0, 0.05) is 5.02 Å². The Hall–Kier alpha value is -2.19. The molecular formula is C13H8ClF2NO4S. The number of hydrogen-bond acceptors (Lipinski definition) is 3. The fourth-order valence-electron chi connectivity index (χ4n) is 1.83. The van der Waals surface area contributed by atoms with Crippen LogP contribution in [0.4, 0.5) is 20.2 Å². The Bertz CT molecular complexity index is 818. The SMILES string of the molecule is O=C(O)c1c(F)ccc(N(c2cccc(Cl)c2)[SH](=O)=O)c1F. The molecule has 0 unspecified atom stereocenters. The summed E-state index contributed by atoms with van der Waals surface area (Å²) in [6, 6.07) is 7.01. The van der Waals surface area contributed by atoms with E-state index in [1.807, 2.05) is 0 Å². The molecule has 0 atom stereocenters. The highest BCUT2D eigenvalue weighted by Crippen LogP contribution is 2.32. The van der Waals surface area contributed by atoms with E-state index in [0.717, 1.165) is 6.07 Å². The van der Waals surface area contributed by atoms with Gasteiger partial charge in [-0.2, -0.15) is 0 Å². The van der Waals surface area contributed by atoms with Gasteiger partial charge in [0.05, 0.1) is 11.4 Å². The normalized spacial score (nSPS) is 10.7. The lowest BCUT2D eigenvalue weighted by Crippen LogP contribution is -2.18. The molecule has 2 rings (SSSR count). The van der Waals surface area contributed by atoms with E-state index < -0.39 is 39.7 Å². The maximum Gasteiger partial charge on any atom is 0.341 e. The highest BCUT2D eigenvalue weighted by atomic mass is 35.5. The largest absolute Gasteiger partial charge is 0.477 e. The molecule has 116 valence electrons. The number of aromatic carboxylic acids is 1. The maximum absolute atomic E-state index is 14.2. The molecule has 0 saturated carbocycles. The number of benzene rings is 2. The van der Waals surface area contributed by atoms with Crippen LogP contribution in [0.5, 0.6) is 0 Å². The molecule has 0 aromatic heterocycles. The van der Waals surface area contributed by atoms with E-state index in [1.54, 1.807) is 0 Å². The van der Waals surface area contributed by atoms with E-state index in [-0.39, 0.29) is 10.7 Å². The van der Waals surface area contributed by atoms with Gasteiger partial charge in [-0.15, -0.1) is 0 Å². The van der Waals surface area contributed by atoms with Crippen molar-refractivity contribution in [3.05, 3.63) is 58.6 Å². The minimum absolute atomic E-state index is 0.00884. The molecular weight excluding hydrogens is 340 g/mol. The minimum Gasteiger partial charge on any atom is -0.477 e. The van der Waals surface area contributed by atoms with Crippen molar-refractivity contribution >= 4 is 39.8 Å². The first-order valence-corrected chi connectivity index (χ1v) is 7.25. The number of thiol groups is 1. The van der Waals surface area contributed by atoms with Gasteiger partial charge in [0.1, 0.15) is 11.4 Å². The van der Waals surface area contributed by atoms with Crippen LogP contribution >= 0.6 is 11.6 Å². The average Bonchev–Trinajstić information content (AvgIpc) is 2.41. The zero-order valence-electron chi connectivity index (χ0n) is 10.7. The van der Waals surface area contributed by atoms with Gasteiger partial charge in [-0.25, -0.2) is 26.3 Å². The molecule has 0 aliphatic heterocycles. The van der Waals surface area contributed by atoms with Gasteiger partial charge in [-0.3, -0.25) is 0 Å². The van der Waals surface area contributed by atoms with E-state index in [9.17, 15) is 22.0 Å². The van der Waals surface area contributed by atoms with Gasteiger partial charge >= 0.3 is 5.97 Å². The second-order valence-electron chi connectivity index (χ2n) is 4.09. The van der Waals surface area contributed by atoms with Gasteiger partial charge in [0.15, 0.2) is 5.82 Å². The van der Waals surface area contributed by atoms with Crippen molar-refractivity contribution in [1.82, 2.24) is 0 Å². The van der Waals surface area contributed by atoms with E-state index in [4.69, 9.17) is 16.7 Å². The smallest absolute Gasteiger partial charge is 0.341 e. The molecule has 22 heavy (non-hydrogen) atoms. The number of nitrogens with zero attached hydrogens (tertiary/aromatic N) is 1. The molecule has 0 radical (unpaired) electrons. The number of halogens is 3.